The summed E-state index contributed by atoms with van der Waals surface area (Å²) in [7, 11) is 0. The maximum Gasteiger partial charge on any atom is 0.191 e. The Morgan fingerprint density at radius 2 is 1.73 bits per heavy atom. The monoisotopic (exact) mass is 392 g/mol. The first-order valence-corrected chi connectivity index (χ1v) is 10.2. The van der Waals surface area contributed by atoms with Crippen molar-refractivity contribution < 1.29 is 0 Å². The summed E-state index contributed by atoms with van der Waals surface area (Å²) in [6.07, 6.45) is 1.70. The van der Waals surface area contributed by atoms with E-state index < -0.39 is 0 Å². The summed E-state index contributed by atoms with van der Waals surface area (Å²) in [5.74, 6) is 1.87. The molecule has 3 rings (SSSR count). The van der Waals surface area contributed by atoms with Gasteiger partial charge >= 0.3 is 0 Å². The van der Waals surface area contributed by atoms with Gasteiger partial charge in [0.25, 0.3) is 0 Å². The molecule has 0 radical (unpaired) electrons. The van der Waals surface area contributed by atoms with E-state index in [0.717, 1.165) is 56.0 Å². The van der Waals surface area contributed by atoms with E-state index in [1.54, 1.807) is 11.8 Å². The van der Waals surface area contributed by atoms with Crippen LogP contribution in [-0.2, 0) is 6.42 Å². The van der Waals surface area contributed by atoms with Crippen LogP contribution in [0.2, 0.25) is 5.02 Å². The molecule has 0 bridgehead atoms. The first kappa shape index (κ1) is 19.2. The maximum atomic E-state index is 6.14. The standard InChI is InChI=1S/C18H25ClN6S/c19-14-4-2-13(3-5-14)12-15-16(20)23-18(24-17(15)21)26-11-1-8-25-9-6-22-7-10-25/h2-5,22H,1,6-12H2,(H4,20,21,23,24). The fraction of sp³-hybridized carbons (Fsp3) is 0.444. The summed E-state index contributed by atoms with van der Waals surface area (Å²) in [4.78, 5) is 11.3. The first-order valence-electron chi connectivity index (χ1n) is 8.84. The molecule has 1 fully saturated rings. The number of benzene rings is 1. The molecule has 5 N–H and O–H groups in total. The Bertz CT molecular complexity index is 695. The van der Waals surface area contributed by atoms with Crippen LogP contribution in [0.4, 0.5) is 11.6 Å². The van der Waals surface area contributed by atoms with Gasteiger partial charge in [-0.15, -0.1) is 0 Å². The maximum absolute atomic E-state index is 6.14. The van der Waals surface area contributed by atoms with Crippen LogP contribution in [-0.4, -0.2) is 53.3 Å². The molecule has 0 saturated carbocycles. The third-order valence-electron chi connectivity index (χ3n) is 4.40. The van der Waals surface area contributed by atoms with Crippen molar-refractivity contribution in [2.24, 2.45) is 0 Å². The van der Waals surface area contributed by atoms with Crippen molar-refractivity contribution >= 4 is 35.0 Å². The number of piperazine rings is 1. The lowest BCUT2D eigenvalue weighted by atomic mass is 10.1. The average Bonchev–Trinajstić information content (AvgIpc) is 2.64. The number of nitrogens with two attached hydrogens (primary N) is 2. The summed E-state index contributed by atoms with van der Waals surface area (Å²) >= 11 is 7.54. The number of nitrogens with one attached hydrogen (secondary N) is 1. The number of anilines is 2. The minimum absolute atomic E-state index is 0.456. The second-order valence-corrected chi connectivity index (χ2v) is 7.85. The smallest absolute Gasteiger partial charge is 0.191 e. The number of rotatable bonds is 7. The molecular weight excluding hydrogens is 368 g/mol. The highest BCUT2D eigenvalue weighted by molar-refractivity contribution is 7.99. The highest BCUT2D eigenvalue weighted by Crippen LogP contribution is 2.25. The molecule has 0 amide bonds. The van der Waals surface area contributed by atoms with Crippen molar-refractivity contribution in [1.82, 2.24) is 20.2 Å². The van der Waals surface area contributed by atoms with Crippen LogP contribution in [0.15, 0.2) is 29.4 Å². The van der Waals surface area contributed by atoms with Crippen LogP contribution in [0.1, 0.15) is 17.5 Å². The molecule has 2 heterocycles. The minimum Gasteiger partial charge on any atom is -0.383 e. The van der Waals surface area contributed by atoms with Crippen LogP contribution in [0, 0.1) is 0 Å². The zero-order chi connectivity index (χ0) is 18.4. The van der Waals surface area contributed by atoms with Crippen LogP contribution in [0.3, 0.4) is 0 Å². The topological polar surface area (TPSA) is 93.1 Å². The second-order valence-electron chi connectivity index (χ2n) is 6.35. The minimum atomic E-state index is 0.456. The van der Waals surface area contributed by atoms with Gasteiger partial charge in [0.15, 0.2) is 5.16 Å². The Kier molecular flexibility index (Phi) is 6.96. The van der Waals surface area contributed by atoms with Crippen LogP contribution >= 0.6 is 23.4 Å². The van der Waals surface area contributed by atoms with E-state index in [1.807, 2.05) is 24.3 Å². The lowest BCUT2D eigenvalue weighted by Crippen LogP contribution is -2.43. The highest BCUT2D eigenvalue weighted by Gasteiger charge is 2.12. The zero-order valence-corrected chi connectivity index (χ0v) is 16.3. The van der Waals surface area contributed by atoms with E-state index in [0.29, 0.717) is 28.2 Å². The Morgan fingerprint density at radius 1 is 1.08 bits per heavy atom. The SMILES string of the molecule is Nc1nc(SCCCN2CCNCC2)nc(N)c1Cc1ccc(Cl)cc1. The number of hydrogen-bond acceptors (Lipinski definition) is 7. The van der Waals surface area contributed by atoms with E-state index in [2.05, 4.69) is 20.2 Å². The van der Waals surface area contributed by atoms with Gasteiger partial charge in [-0.1, -0.05) is 35.5 Å². The number of thioether (sulfide) groups is 1. The van der Waals surface area contributed by atoms with Gasteiger partial charge < -0.3 is 21.7 Å². The van der Waals surface area contributed by atoms with Gasteiger partial charge in [0.05, 0.1) is 0 Å². The van der Waals surface area contributed by atoms with Gasteiger partial charge in [-0.05, 0) is 30.7 Å². The quantitative estimate of drug-likeness (QED) is 0.378. The molecule has 0 aliphatic carbocycles. The Morgan fingerprint density at radius 3 is 2.38 bits per heavy atom. The predicted molar refractivity (Wildman–Crippen MR) is 110 cm³/mol. The first-order chi connectivity index (χ1) is 12.6. The summed E-state index contributed by atoms with van der Waals surface area (Å²) in [5, 5.41) is 4.73. The van der Waals surface area contributed by atoms with Gasteiger partial charge in [-0.3, -0.25) is 0 Å². The van der Waals surface area contributed by atoms with Gasteiger partial charge in [0.1, 0.15) is 11.6 Å². The molecule has 0 spiro atoms. The Labute approximate surface area is 163 Å². The van der Waals surface area contributed by atoms with Crippen molar-refractivity contribution in [2.75, 3.05) is 49.9 Å². The Balaban J connectivity index is 1.53. The summed E-state index contributed by atoms with van der Waals surface area (Å²) in [6, 6.07) is 7.62. The van der Waals surface area contributed by atoms with E-state index in [9.17, 15) is 0 Å². The van der Waals surface area contributed by atoms with Crippen LogP contribution < -0.4 is 16.8 Å². The molecule has 1 saturated heterocycles. The van der Waals surface area contributed by atoms with Crippen molar-refractivity contribution in [1.29, 1.82) is 0 Å². The Hall–Kier alpha value is -1.54. The number of aromatic nitrogens is 2. The van der Waals surface area contributed by atoms with Crippen molar-refractivity contribution in [3.05, 3.63) is 40.4 Å². The molecule has 0 atom stereocenters. The van der Waals surface area contributed by atoms with Gasteiger partial charge in [-0.2, -0.15) is 0 Å². The molecule has 8 heteroatoms. The number of hydrogen-bond donors (Lipinski definition) is 3. The summed E-state index contributed by atoms with van der Waals surface area (Å²) in [5.41, 5.74) is 14.1. The molecular formula is C18H25ClN6S. The second kappa shape index (κ2) is 9.41. The van der Waals surface area contributed by atoms with E-state index in [-0.39, 0.29) is 0 Å². The molecule has 1 aromatic heterocycles. The largest absolute Gasteiger partial charge is 0.383 e. The van der Waals surface area contributed by atoms with Crippen molar-refractivity contribution in [3.63, 3.8) is 0 Å². The fourth-order valence-electron chi connectivity index (χ4n) is 2.94. The molecule has 1 aliphatic rings. The lowest BCUT2D eigenvalue weighted by Gasteiger charge is -2.26. The van der Waals surface area contributed by atoms with Crippen LogP contribution in [0.25, 0.3) is 0 Å². The molecule has 1 aliphatic heterocycles. The number of halogens is 1. The predicted octanol–water partition coefficient (Wildman–Crippen LogP) is 2.27. The third kappa shape index (κ3) is 5.48. The van der Waals surface area contributed by atoms with E-state index in [4.69, 9.17) is 23.1 Å². The van der Waals surface area contributed by atoms with Crippen molar-refractivity contribution in [3.8, 4) is 0 Å². The molecule has 0 unspecified atom stereocenters. The lowest BCUT2D eigenvalue weighted by molar-refractivity contribution is 0.242. The number of nitrogen functional groups attached to an aromatic ring is 2. The van der Waals surface area contributed by atoms with E-state index >= 15 is 0 Å². The molecule has 26 heavy (non-hydrogen) atoms. The highest BCUT2D eigenvalue weighted by atomic mass is 35.5. The van der Waals surface area contributed by atoms with E-state index in [1.165, 1.54) is 0 Å². The molecule has 6 nitrogen and oxygen atoms in total. The summed E-state index contributed by atoms with van der Waals surface area (Å²) < 4.78 is 0. The zero-order valence-electron chi connectivity index (χ0n) is 14.7. The van der Waals surface area contributed by atoms with Crippen LogP contribution in [0.5, 0.6) is 0 Å². The van der Waals surface area contributed by atoms with Crippen molar-refractivity contribution in [2.45, 2.75) is 18.0 Å². The summed E-state index contributed by atoms with van der Waals surface area (Å²) in [6.45, 7) is 5.52. The molecule has 140 valence electrons. The van der Waals surface area contributed by atoms with Gasteiger partial charge in [0.2, 0.25) is 0 Å². The third-order valence-corrected chi connectivity index (χ3v) is 5.59. The van der Waals surface area contributed by atoms with Gasteiger partial charge in [-0.25, -0.2) is 9.97 Å². The number of nitrogens with zero attached hydrogens (tertiary/aromatic N) is 3. The van der Waals surface area contributed by atoms with Gasteiger partial charge in [0, 0.05) is 48.9 Å². The normalized spacial score (nSPS) is 15.3. The molecule has 2 aromatic rings. The molecule has 1 aromatic carbocycles. The fourth-order valence-corrected chi connectivity index (χ4v) is 3.84. The average molecular weight is 393 g/mol.